The SMILES string of the molecule is O=C(NC1CCC(O)CC1)c1ccc2c(c1)Cc1c-2n[nH]c1I. The number of halogens is 1. The monoisotopic (exact) mass is 423 g/mol. The first-order chi connectivity index (χ1) is 11.1. The van der Waals surface area contributed by atoms with Gasteiger partial charge in [0.2, 0.25) is 0 Å². The molecule has 0 bridgehead atoms. The first kappa shape index (κ1) is 15.1. The van der Waals surface area contributed by atoms with Crippen LogP contribution in [0.1, 0.15) is 47.2 Å². The van der Waals surface area contributed by atoms with Crippen LogP contribution in [0.2, 0.25) is 0 Å². The van der Waals surface area contributed by atoms with Gasteiger partial charge in [-0.15, -0.1) is 0 Å². The lowest BCUT2D eigenvalue weighted by Gasteiger charge is -2.26. The van der Waals surface area contributed by atoms with Gasteiger partial charge in [0.05, 0.1) is 15.5 Å². The Morgan fingerprint density at radius 3 is 2.87 bits per heavy atom. The Morgan fingerprint density at radius 2 is 2.09 bits per heavy atom. The number of amides is 1. The molecule has 1 aromatic carbocycles. The van der Waals surface area contributed by atoms with E-state index in [0.29, 0.717) is 5.56 Å². The number of nitrogens with one attached hydrogen (secondary N) is 2. The fourth-order valence-electron chi connectivity index (χ4n) is 3.52. The Hall–Kier alpha value is -1.41. The zero-order chi connectivity index (χ0) is 16.0. The largest absolute Gasteiger partial charge is 0.393 e. The lowest BCUT2D eigenvalue weighted by atomic mass is 9.93. The Labute approximate surface area is 148 Å². The summed E-state index contributed by atoms with van der Waals surface area (Å²) in [5, 5.41) is 20.0. The standard InChI is InChI=1S/C17H18IN3O2/c18-16-14-8-10-7-9(1-6-13(10)15(14)20-21-16)17(23)19-11-2-4-12(22)5-3-11/h1,6-7,11-12,22H,2-5,8H2,(H,19,23)(H,20,21). The van der Waals surface area contributed by atoms with Gasteiger partial charge < -0.3 is 10.4 Å². The van der Waals surface area contributed by atoms with Crippen LogP contribution in [0, 0.1) is 3.70 Å². The molecule has 5 nitrogen and oxygen atoms in total. The van der Waals surface area contributed by atoms with E-state index in [9.17, 15) is 9.90 Å². The molecule has 0 unspecified atom stereocenters. The van der Waals surface area contributed by atoms with Crippen molar-refractivity contribution in [3.8, 4) is 11.3 Å². The lowest BCUT2D eigenvalue weighted by Crippen LogP contribution is -2.38. The van der Waals surface area contributed by atoms with Crippen molar-refractivity contribution in [1.29, 1.82) is 0 Å². The minimum absolute atomic E-state index is 0.0185. The Kier molecular flexibility index (Phi) is 3.88. The maximum absolute atomic E-state index is 12.5. The highest BCUT2D eigenvalue weighted by Gasteiger charge is 2.26. The molecule has 1 saturated carbocycles. The number of carbonyl (C=O) groups is 1. The fraction of sp³-hybridized carbons (Fsp3) is 0.412. The summed E-state index contributed by atoms with van der Waals surface area (Å²) in [5.41, 5.74) is 5.23. The third-order valence-corrected chi connectivity index (χ3v) is 5.73. The molecule has 3 N–H and O–H groups in total. The summed E-state index contributed by atoms with van der Waals surface area (Å²) in [6, 6.07) is 6.04. The molecular formula is C17H18IN3O2. The summed E-state index contributed by atoms with van der Waals surface area (Å²) in [6.07, 6.45) is 3.88. The van der Waals surface area contributed by atoms with E-state index in [0.717, 1.165) is 47.1 Å². The van der Waals surface area contributed by atoms with Crippen molar-refractivity contribution in [2.45, 2.75) is 44.2 Å². The molecule has 0 spiro atoms. The molecule has 0 saturated heterocycles. The second kappa shape index (κ2) is 5.90. The number of aliphatic hydroxyl groups is 1. The van der Waals surface area contributed by atoms with Crippen molar-refractivity contribution < 1.29 is 9.90 Å². The van der Waals surface area contributed by atoms with Crippen molar-refractivity contribution in [2.24, 2.45) is 0 Å². The summed E-state index contributed by atoms with van der Waals surface area (Å²) in [7, 11) is 0. The van der Waals surface area contributed by atoms with Crippen molar-refractivity contribution in [3.05, 3.63) is 38.6 Å². The van der Waals surface area contributed by atoms with Gasteiger partial charge in [0.25, 0.3) is 5.91 Å². The highest BCUT2D eigenvalue weighted by Crippen LogP contribution is 2.37. The predicted molar refractivity (Wildman–Crippen MR) is 95.3 cm³/mol. The first-order valence-corrected chi connectivity index (χ1v) is 9.04. The minimum Gasteiger partial charge on any atom is -0.393 e. The van der Waals surface area contributed by atoms with Crippen LogP contribution in [0.4, 0.5) is 0 Å². The van der Waals surface area contributed by atoms with Gasteiger partial charge in [0.1, 0.15) is 0 Å². The van der Waals surface area contributed by atoms with E-state index < -0.39 is 0 Å². The zero-order valence-electron chi connectivity index (χ0n) is 12.6. The molecule has 1 aromatic heterocycles. The second-order valence-corrected chi connectivity index (χ2v) is 7.47. The van der Waals surface area contributed by atoms with Gasteiger partial charge in [-0.05, 0) is 66.0 Å². The fourth-order valence-corrected chi connectivity index (χ4v) is 4.09. The number of carbonyl (C=O) groups excluding carboxylic acids is 1. The van der Waals surface area contributed by atoms with Crippen molar-refractivity contribution in [1.82, 2.24) is 15.5 Å². The van der Waals surface area contributed by atoms with Crippen LogP contribution in [0.15, 0.2) is 18.2 Å². The number of aromatic amines is 1. The summed E-state index contributed by atoms with van der Waals surface area (Å²) >= 11 is 2.26. The van der Waals surface area contributed by atoms with Gasteiger partial charge in [0, 0.05) is 29.2 Å². The van der Waals surface area contributed by atoms with E-state index in [1.807, 2.05) is 18.2 Å². The topological polar surface area (TPSA) is 78.0 Å². The minimum atomic E-state index is -0.201. The zero-order valence-corrected chi connectivity index (χ0v) is 14.8. The smallest absolute Gasteiger partial charge is 0.251 e. The molecule has 0 atom stereocenters. The highest BCUT2D eigenvalue weighted by molar-refractivity contribution is 14.1. The van der Waals surface area contributed by atoms with Crippen LogP contribution in [0.3, 0.4) is 0 Å². The molecule has 1 fully saturated rings. The molecule has 4 rings (SSSR count). The summed E-state index contributed by atoms with van der Waals surface area (Å²) < 4.78 is 1.07. The Balaban J connectivity index is 1.50. The van der Waals surface area contributed by atoms with Gasteiger partial charge in [0.15, 0.2) is 0 Å². The number of fused-ring (bicyclic) bond motifs is 3. The quantitative estimate of drug-likeness (QED) is 0.555. The highest BCUT2D eigenvalue weighted by atomic mass is 127. The molecule has 120 valence electrons. The summed E-state index contributed by atoms with van der Waals surface area (Å²) in [6.45, 7) is 0. The van der Waals surface area contributed by atoms with Gasteiger partial charge in [-0.3, -0.25) is 9.89 Å². The molecule has 6 heteroatoms. The molecule has 1 heterocycles. The normalized spacial score (nSPS) is 22.5. The molecule has 1 amide bonds. The molecule has 0 aliphatic heterocycles. The summed E-state index contributed by atoms with van der Waals surface area (Å²) in [5.74, 6) is -0.0185. The van der Waals surface area contributed by atoms with E-state index in [-0.39, 0.29) is 18.1 Å². The van der Waals surface area contributed by atoms with E-state index in [4.69, 9.17) is 0 Å². The number of aliphatic hydroxyl groups excluding tert-OH is 1. The first-order valence-electron chi connectivity index (χ1n) is 7.97. The number of benzene rings is 1. The van der Waals surface area contributed by atoms with Crippen LogP contribution >= 0.6 is 22.6 Å². The maximum Gasteiger partial charge on any atom is 0.251 e. The van der Waals surface area contributed by atoms with Crippen LogP contribution in [-0.4, -0.2) is 33.4 Å². The molecule has 23 heavy (non-hydrogen) atoms. The van der Waals surface area contributed by atoms with Gasteiger partial charge in [-0.25, -0.2) is 0 Å². The van der Waals surface area contributed by atoms with Gasteiger partial charge in [-0.1, -0.05) is 6.07 Å². The number of rotatable bonds is 2. The van der Waals surface area contributed by atoms with Crippen molar-refractivity contribution >= 4 is 28.5 Å². The third kappa shape index (κ3) is 2.78. The van der Waals surface area contributed by atoms with E-state index in [2.05, 4.69) is 38.1 Å². The van der Waals surface area contributed by atoms with Crippen LogP contribution < -0.4 is 5.32 Å². The van der Waals surface area contributed by atoms with E-state index in [1.54, 1.807) is 0 Å². The molecular weight excluding hydrogens is 405 g/mol. The van der Waals surface area contributed by atoms with Gasteiger partial charge >= 0.3 is 0 Å². The molecule has 2 aliphatic rings. The second-order valence-electron chi connectivity index (χ2n) is 6.39. The Morgan fingerprint density at radius 1 is 1.30 bits per heavy atom. The van der Waals surface area contributed by atoms with Crippen LogP contribution in [0.25, 0.3) is 11.3 Å². The number of aromatic nitrogens is 2. The van der Waals surface area contributed by atoms with Crippen LogP contribution in [-0.2, 0) is 6.42 Å². The molecule has 2 aliphatic carbocycles. The summed E-state index contributed by atoms with van der Waals surface area (Å²) in [4.78, 5) is 12.5. The van der Waals surface area contributed by atoms with E-state index >= 15 is 0 Å². The lowest BCUT2D eigenvalue weighted by molar-refractivity contribution is 0.0867. The van der Waals surface area contributed by atoms with Crippen LogP contribution in [0.5, 0.6) is 0 Å². The maximum atomic E-state index is 12.5. The predicted octanol–water partition coefficient (Wildman–Crippen LogP) is 2.62. The number of H-pyrrole nitrogens is 1. The number of nitrogens with zero attached hydrogens (tertiary/aromatic N) is 1. The molecule has 0 radical (unpaired) electrons. The van der Waals surface area contributed by atoms with Gasteiger partial charge in [-0.2, -0.15) is 5.10 Å². The number of hydrogen-bond donors (Lipinski definition) is 3. The van der Waals surface area contributed by atoms with E-state index in [1.165, 1.54) is 11.1 Å². The molecule has 2 aromatic rings. The third-order valence-electron chi connectivity index (χ3n) is 4.84. The van der Waals surface area contributed by atoms with Crippen molar-refractivity contribution in [3.63, 3.8) is 0 Å². The van der Waals surface area contributed by atoms with Crippen molar-refractivity contribution in [2.75, 3.05) is 0 Å². The average molecular weight is 423 g/mol. The Bertz CT molecular complexity index is 763. The number of hydrogen-bond acceptors (Lipinski definition) is 3. The average Bonchev–Trinajstić information content (AvgIpc) is 3.09.